The van der Waals surface area contributed by atoms with Gasteiger partial charge in [0.1, 0.15) is 17.0 Å². The highest BCUT2D eigenvalue weighted by Gasteiger charge is 2.23. The molecule has 25 heavy (non-hydrogen) atoms. The smallest absolute Gasteiger partial charge is 0.361 e. The fraction of sp³-hybridized carbons (Fsp3) is 0.333. The summed E-state index contributed by atoms with van der Waals surface area (Å²) in [6, 6.07) is 8.04. The molecule has 2 aromatic heterocycles. The highest BCUT2D eigenvalue weighted by molar-refractivity contribution is 6.05. The largest absolute Gasteiger partial charge is 0.461 e. The monoisotopic (exact) mass is 340 g/mol. The second-order valence-electron chi connectivity index (χ2n) is 5.95. The van der Waals surface area contributed by atoms with E-state index in [-0.39, 0.29) is 18.0 Å². The number of esters is 1. The molecule has 0 spiro atoms. The van der Waals surface area contributed by atoms with Crippen molar-refractivity contribution in [2.45, 2.75) is 33.6 Å². The minimum absolute atomic E-state index is 0.0677. The second kappa shape index (κ2) is 6.88. The number of hydrogen-bond donors (Lipinski definition) is 1. The van der Waals surface area contributed by atoms with Crippen molar-refractivity contribution >= 4 is 28.6 Å². The third kappa shape index (κ3) is 3.45. The summed E-state index contributed by atoms with van der Waals surface area (Å²) in [5.74, 6) is 0.868. The Morgan fingerprint density at radius 1 is 1.24 bits per heavy atom. The Balaban J connectivity index is 2.02. The first-order chi connectivity index (χ1) is 12.0. The molecule has 2 heterocycles. The van der Waals surface area contributed by atoms with Crippen molar-refractivity contribution in [2.24, 2.45) is 0 Å². The summed E-state index contributed by atoms with van der Waals surface area (Å²) in [7, 11) is 0. The predicted molar refractivity (Wildman–Crippen MR) is 94.1 cm³/mol. The van der Waals surface area contributed by atoms with Gasteiger partial charge in [-0.15, -0.1) is 0 Å². The third-order valence-electron chi connectivity index (χ3n) is 3.76. The van der Waals surface area contributed by atoms with Gasteiger partial charge in [0.25, 0.3) is 5.71 Å². The number of aryl methyl sites for hydroxylation is 1. The first-order valence-electron chi connectivity index (χ1n) is 8.17. The summed E-state index contributed by atoms with van der Waals surface area (Å²) in [6.07, 6.45) is 0. The summed E-state index contributed by atoms with van der Waals surface area (Å²) in [4.78, 5) is 20.7. The number of ether oxygens (including phenoxy) is 1. The van der Waals surface area contributed by atoms with E-state index in [0.29, 0.717) is 22.9 Å². The molecule has 0 saturated carbocycles. The van der Waals surface area contributed by atoms with Gasteiger partial charge in [-0.25, -0.2) is 9.78 Å². The van der Waals surface area contributed by atoms with E-state index in [1.54, 1.807) is 13.8 Å². The van der Waals surface area contributed by atoms with Crippen molar-refractivity contribution in [1.82, 2.24) is 15.1 Å². The molecule has 0 aliphatic rings. The molecule has 0 fully saturated rings. The van der Waals surface area contributed by atoms with Crippen molar-refractivity contribution < 1.29 is 14.1 Å². The molecule has 0 aliphatic carbocycles. The Bertz CT molecular complexity index is 901. The Morgan fingerprint density at radius 2 is 1.96 bits per heavy atom. The molecule has 3 rings (SSSR count). The van der Waals surface area contributed by atoms with Crippen LogP contribution >= 0.6 is 0 Å². The van der Waals surface area contributed by atoms with Crippen LogP contribution in [0.4, 0.5) is 11.5 Å². The summed E-state index contributed by atoms with van der Waals surface area (Å²) in [5.41, 5.74) is 2.40. The van der Waals surface area contributed by atoms with Crippen LogP contribution in [0.1, 0.15) is 48.6 Å². The molecular formula is C18H20N4O3. The molecule has 0 atom stereocenters. The number of anilines is 2. The SMILES string of the molecule is CCOC(=O)c1noc2nc(C)nc(Nc3ccc(C(C)C)cc3)c12. The first kappa shape index (κ1) is 16.9. The summed E-state index contributed by atoms with van der Waals surface area (Å²) in [5, 5.41) is 7.43. The molecule has 0 radical (unpaired) electrons. The first-order valence-corrected chi connectivity index (χ1v) is 8.17. The Labute approximate surface area is 145 Å². The van der Waals surface area contributed by atoms with Crippen LogP contribution in [0, 0.1) is 6.92 Å². The molecule has 1 N–H and O–H groups in total. The Kier molecular flexibility index (Phi) is 4.65. The zero-order valence-electron chi connectivity index (χ0n) is 14.7. The van der Waals surface area contributed by atoms with Crippen LogP contribution in [0.25, 0.3) is 11.1 Å². The maximum absolute atomic E-state index is 12.1. The molecule has 0 amide bonds. The molecule has 7 heteroatoms. The van der Waals surface area contributed by atoms with Crippen LogP contribution < -0.4 is 5.32 Å². The number of rotatable bonds is 5. The van der Waals surface area contributed by atoms with Crippen molar-refractivity contribution in [3.05, 3.63) is 41.3 Å². The van der Waals surface area contributed by atoms with Crippen molar-refractivity contribution in [3.8, 4) is 0 Å². The molecule has 0 saturated heterocycles. The van der Waals surface area contributed by atoms with Gasteiger partial charge in [-0.3, -0.25) is 0 Å². The quantitative estimate of drug-likeness (QED) is 0.703. The van der Waals surface area contributed by atoms with Crippen LogP contribution in [-0.4, -0.2) is 27.7 Å². The third-order valence-corrected chi connectivity index (χ3v) is 3.76. The lowest BCUT2D eigenvalue weighted by Crippen LogP contribution is -2.07. The molecule has 0 aliphatic heterocycles. The zero-order chi connectivity index (χ0) is 18.0. The van der Waals surface area contributed by atoms with Crippen molar-refractivity contribution in [2.75, 3.05) is 11.9 Å². The Hall–Kier alpha value is -2.96. The number of carbonyl (C=O) groups excluding carboxylic acids is 1. The van der Waals surface area contributed by atoms with E-state index in [2.05, 4.69) is 46.4 Å². The molecule has 0 bridgehead atoms. The molecule has 7 nitrogen and oxygen atoms in total. The number of benzene rings is 1. The predicted octanol–water partition coefficient (Wildman–Crippen LogP) is 3.97. The standard InChI is InChI=1S/C18H20N4O3/c1-5-24-18(23)15-14-16(19-11(4)20-17(14)25-22-15)21-13-8-6-12(7-9-13)10(2)3/h6-10H,5H2,1-4H3,(H,19,20,21). The van der Waals surface area contributed by atoms with Gasteiger partial charge in [-0.05, 0) is 37.5 Å². The molecular weight excluding hydrogens is 320 g/mol. The summed E-state index contributed by atoms with van der Waals surface area (Å²) < 4.78 is 10.2. The maximum atomic E-state index is 12.1. The van der Waals surface area contributed by atoms with Gasteiger partial charge in [-0.1, -0.05) is 31.1 Å². The van der Waals surface area contributed by atoms with E-state index in [4.69, 9.17) is 9.26 Å². The minimum Gasteiger partial charge on any atom is -0.461 e. The van der Waals surface area contributed by atoms with E-state index in [9.17, 15) is 4.79 Å². The van der Waals surface area contributed by atoms with Crippen LogP contribution in [-0.2, 0) is 4.74 Å². The number of nitrogens with zero attached hydrogens (tertiary/aromatic N) is 3. The average molecular weight is 340 g/mol. The fourth-order valence-corrected chi connectivity index (χ4v) is 2.48. The van der Waals surface area contributed by atoms with Crippen LogP contribution in [0.3, 0.4) is 0 Å². The zero-order valence-corrected chi connectivity index (χ0v) is 14.7. The van der Waals surface area contributed by atoms with Gasteiger partial charge in [0, 0.05) is 5.69 Å². The van der Waals surface area contributed by atoms with Crippen LogP contribution in [0.2, 0.25) is 0 Å². The van der Waals surface area contributed by atoms with E-state index in [0.717, 1.165) is 5.69 Å². The molecule has 3 aromatic rings. The number of carbonyl (C=O) groups is 1. The minimum atomic E-state index is -0.563. The van der Waals surface area contributed by atoms with Crippen LogP contribution in [0.5, 0.6) is 0 Å². The second-order valence-corrected chi connectivity index (χ2v) is 5.95. The van der Waals surface area contributed by atoms with Gasteiger partial charge in [0.2, 0.25) is 5.69 Å². The number of hydrogen-bond acceptors (Lipinski definition) is 7. The maximum Gasteiger partial charge on any atom is 0.361 e. The van der Waals surface area contributed by atoms with E-state index in [1.807, 2.05) is 12.1 Å². The lowest BCUT2D eigenvalue weighted by molar-refractivity contribution is 0.0517. The number of aromatic nitrogens is 3. The lowest BCUT2D eigenvalue weighted by atomic mass is 10.0. The molecule has 0 unspecified atom stereocenters. The van der Waals surface area contributed by atoms with E-state index < -0.39 is 5.97 Å². The number of fused-ring (bicyclic) bond motifs is 1. The van der Waals surface area contributed by atoms with E-state index >= 15 is 0 Å². The summed E-state index contributed by atoms with van der Waals surface area (Å²) >= 11 is 0. The topological polar surface area (TPSA) is 90.1 Å². The molecule has 130 valence electrons. The van der Waals surface area contributed by atoms with Gasteiger partial charge >= 0.3 is 5.97 Å². The van der Waals surface area contributed by atoms with Gasteiger partial charge in [0.15, 0.2) is 0 Å². The van der Waals surface area contributed by atoms with Crippen molar-refractivity contribution in [1.29, 1.82) is 0 Å². The van der Waals surface area contributed by atoms with E-state index in [1.165, 1.54) is 5.56 Å². The van der Waals surface area contributed by atoms with Gasteiger partial charge in [0.05, 0.1) is 6.61 Å². The van der Waals surface area contributed by atoms with Crippen molar-refractivity contribution in [3.63, 3.8) is 0 Å². The molecule has 1 aromatic carbocycles. The highest BCUT2D eigenvalue weighted by Crippen LogP contribution is 2.28. The number of nitrogens with one attached hydrogen (secondary N) is 1. The highest BCUT2D eigenvalue weighted by atomic mass is 16.5. The summed E-state index contributed by atoms with van der Waals surface area (Å²) in [6.45, 7) is 8.01. The Morgan fingerprint density at radius 3 is 2.60 bits per heavy atom. The van der Waals surface area contributed by atoms with Gasteiger partial charge in [-0.2, -0.15) is 4.98 Å². The van der Waals surface area contributed by atoms with Crippen LogP contribution in [0.15, 0.2) is 28.8 Å². The van der Waals surface area contributed by atoms with Gasteiger partial charge < -0.3 is 14.6 Å². The fourth-order valence-electron chi connectivity index (χ4n) is 2.48. The normalized spacial score (nSPS) is 11.1. The lowest BCUT2D eigenvalue weighted by Gasteiger charge is -2.10. The average Bonchev–Trinajstić information content (AvgIpc) is 2.99.